The van der Waals surface area contributed by atoms with Gasteiger partial charge >= 0.3 is 6.03 Å². The van der Waals surface area contributed by atoms with Crippen molar-refractivity contribution in [1.29, 1.82) is 0 Å². The van der Waals surface area contributed by atoms with Crippen LogP contribution in [0.4, 0.5) is 19.3 Å². The van der Waals surface area contributed by atoms with Crippen LogP contribution in [0.5, 0.6) is 0 Å². The van der Waals surface area contributed by atoms with E-state index < -0.39 is 38.7 Å². The number of amides is 3. The Bertz CT molecular complexity index is 708. The first kappa shape index (κ1) is 18.2. The van der Waals surface area contributed by atoms with E-state index in [1.54, 1.807) is 0 Å². The summed E-state index contributed by atoms with van der Waals surface area (Å²) < 4.78 is 24.9. The van der Waals surface area contributed by atoms with Crippen molar-refractivity contribution in [3.8, 4) is 0 Å². The maximum absolute atomic E-state index is 13.9. The van der Waals surface area contributed by atoms with E-state index in [9.17, 15) is 18.4 Å². The average molecular weight is 405 g/mol. The fourth-order valence-corrected chi connectivity index (χ4v) is 1.99. The molecule has 124 valence electrons. The van der Waals surface area contributed by atoms with Crippen LogP contribution in [0.1, 0.15) is 0 Å². The first-order valence-electron chi connectivity index (χ1n) is 5.90. The maximum Gasteiger partial charge on any atom is 0.337 e. The van der Waals surface area contributed by atoms with Gasteiger partial charge in [-0.3, -0.25) is 9.69 Å². The Labute approximate surface area is 149 Å². The van der Waals surface area contributed by atoms with Crippen molar-refractivity contribution in [2.75, 3.05) is 11.9 Å². The summed E-state index contributed by atoms with van der Waals surface area (Å²) in [5.74, 6) is -3.35. The number of alkyl halides is 4. The van der Waals surface area contributed by atoms with Gasteiger partial charge in [0.25, 0.3) is 5.91 Å². The number of imide groups is 1. The lowest BCUT2D eigenvalue weighted by Gasteiger charge is -2.18. The summed E-state index contributed by atoms with van der Waals surface area (Å²) in [7, 11) is 1.15. The quantitative estimate of drug-likeness (QED) is 0.428. The molecule has 2 rings (SSSR count). The molecule has 1 heterocycles. The van der Waals surface area contributed by atoms with Crippen molar-refractivity contribution in [3.63, 3.8) is 0 Å². The Balaban J connectivity index is 2.56. The van der Waals surface area contributed by atoms with Gasteiger partial charge in [0.1, 0.15) is 11.6 Å². The summed E-state index contributed by atoms with van der Waals surface area (Å²) in [6.45, 7) is 0. The van der Waals surface area contributed by atoms with E-state index in [0.29, 0.717) is 15.9 Å². The second-order valence-electron chi connectivity index (χ2n) is 4.41. The Morgan fingerprint density at radius 3 is 2.35 bits per heavy atom. The van der Waals surface area contributed by atoms with Gasteiger partial charge in [-0.15, -0.1) is 0 Å². The van der Waals surface area contributed by atoms with Crippen molar-refractivity contribution >= 4 is 69.9 Å². The fourth-order valence-electron chi connectivity index (χ4n) is 1.75. The van der Waals surface area contributed by atoms with Crippen LogP contribution < -0.4 is 4.90 Å². The molecule has 0 radical (unpaired) electrons. The zero-order valence-corrected chi connectivity index (χ0v) is 14.3. The molecule has 1 aromatic rings. The summed E-state index contributed by atoms with van der Waals surface area (Å²) >= 11 is 22.5. The number of amidine groups is 1. The SMILES string of the molecule is CN1C(=O)/C(=N\C(Cl)C(Cl)(Cl)Cl)N(c2ccc(F)cc2F)C1=O. The molecule has 1 aromatic carbocycles. The van der Waals surface area contributed by atoms with Gasteiger partial charge in [-0.05, 0) is 12.1 Å². The van der Waals surface area contributed by atoms with E-state index in [2.05, 4.69) is 4.99 Å². The molecule has 1 aliphatic rings. The number of anilines is 1. The average Bonchev–Trinajstić information content (AvgIpc) is 2.63. The number of hydrogen-bond donors (Lipinski definition) is 0. The molecule has 0 saturated carbocycles. The van der Waals surface area contributed by atoms with Gasteiger partial charge in [0, 0.05) is 13.1 Å². The number of aliphatic imine (C=N–C) groups is 1. The van der Waals surface area contributed by atoms with Crippen molar-refractivity contribution in [3.05, 3.63) is 29.8 Å². The topological polar surface area (TPSA) is 53.0 Å². The first-order valence-corrected chi connectivity index (χ1v) is 7.47. The Kier molecular flexibility index (Phi) is 5.06. The number of likely N-dealkylation sites (N-methyl/N-ethyl adjacent to an activating group) is 1. The lowest BCUT2D eigenvalue weighted by molar-refractivity contribution is -0.119. The number of carbonyl (C=O) groups excluding carboxylic acids is 2. The van der Waals surface area contributed by atoms with E-state index in [0.717, 1.165) is 19.2 Å². The summed E-state index contributed by atoms with van der Waals surface area (Å²) in [5.41, 5.74) is -1.90. The lowest BCUT2D eigenvalue weighted by atomic mass is 10.2. The van der Waals surface area contributed by atoms with Crippen molar-refractivity contribution in [2.24, 2.45) is 4.99 Å². The van der Waals surface area contributed by atoms with Gasteiger partial charge in [-0.1, -0.05) is 46.4 Å². The van der Waals surface area contributed by atoms with Crippen molar-refractivity contribution in [1.82, 2.24) is 4.90 Å². The van der Waals surface area contributed by atoms with Gasteiger partial charge < -0.3 is 0 Å². The summed E-state index contributed by atoms with van der Waals surface area (Å²) in [6, 6.07) is 1.53. The molecule has 3 amide bonds. The molecule has 0 spiro atoms. The molecular weight excluding hydrogens is 398 g/mol. The van der Waals surface area contributed by atoms with E-state index in [1.807, 2.05) is 0 Å². The van der Waals surface area contributed by atoms with Crippen LogP contribution in [0.3, 0.4) is 0 Å². The normalized spacial score (nSPS) is 19.0. The largest absolute Gasteiger partial charge is 0.337 e. The fraction of sp³-hybridized carbons (Fsp3) is 0.250. The highest BCUT2D eigenvalue weighted by molar-refractivity contribution is 6.70. The molecule has 11 heteroatoms. The van der Waals surface area contributed by atoms with Crippen LogP contribution in [0.15, 0.2) is 23.2 Å². The molecule has 1 saturated heterocycles. The molecule has 23 heavy (non-hydrogen) atoms. The number of benzene rings is 1. The van der Waals surface area contributed by atoms with Crippen LogP contribution in [-0.2, 0) is 4.79 Å². The number of nitrogens with zero attached hydrogens (tertiary/aromatic N) is 3. The monoisotopic (exact) mass is 403 g/mol. The molecule has 1 aliphatic heterocycles. The third-order valence-corrected chi connectivity index (χ3v) is 4.22. The van der Waals surface area contributed by atoms with Crippen molar-refractivity contribution in [2.45, 2.75) is 9.29 Å². The van der Waals surface area contributed by atoms with Gasteiger partial charge in [-0.2, -0.15) is 0 Å². The zero-order chi connectivity index (χ0) is 17.5. The Morgan fingerprint density at radius 2 is 1.83 bits per heavy atom. The molecule has 0 aliphatic carbocycles. The molecule has 0 N–H and O–H groups in total. The van der Waals surface area contributed by atoms with Crippen molar-refractivity contribution < 1.29 is 18.4 Å². The number of carbonyl (C=O) groups is 2. The number of hydrogen-bond acceptors (Lipinski definition) is 3. The van der Waals surface area contributed by atoms with E-state index in [-0.39, 0.29) is 5.69 Å². The molecule has 5 nitrogen and oxygen atoms in total. The summed E-state index contributed by atoms with van der Waals surface area (Å²) in [6.07, 6.45) is 0. The Hall–Kier alpha value is -1.15. The maximum atomic E-state index is 13.9. The van der Waals surface area contributed by atoms with Crippen LogP contribution in [0.25, 0.3) is 0 Å². The highest BCUT2D eigenvalue weighted by Crippen LogP contribution is 2.35. The molecule has 1 fully saturated rings. The van der Waals surface area contributed by atoms with Crippen LogP contribution in [0.2, 0.25) is 0 Å². The second kappa shape index (κ2) is 6.39. The van der Waals surface area contributed by atoms with Gasteiger partial charge in [-0.25, -0.2) is 23.5 Å². The highest BCUT2D eigenvalue weighted by Gasteiger charge is 2.44. The summed E-state index contributed by atoms with van der Waals surface area (Å²) in [5, 5.41) is 0. The Morgan fingerprint density at radius 1 is 1.22 bits per heavy atom. The van der Waals surface area contributed by atoms with Gasteiger partial charge in [0.05, 0.1) is 5.69 Å². The van der Waals surface area contributed by atoms with E-state index in [4.69, 9.17) is 46.4 Å². The molecule has 1 unspecified atom stereocenters. The standard InChI is InChI=1S/C12H7Cl4F2N3O2/c1-20-9(22)8(19-10(13)12(14,15)16)21(11(20)23)7-3-2-5(17)4-6(7)18/h2-4,10H,1H3/b19-8+. The van der Waals surface area contributed by atoms with E-state index >= 15 is 0 Å². The predicted molar refractivity (Wildman–Crippen MR) is 84.4 cm³/mol. The van der Waals surface area contributed by atoms with Gasteiger partial charge in [0.15, 0.2) is 5.50 Å². The molecule has 0 aromatic heterocycles. The lowest BCUT2D eigenvalue weighted by Crippen LogP contribution is -2.34. The minimum Gasteiger partial charge on any atom is -0.265 e. The molecule has 0 bridgehead atoms. The third kappa shape index (κ3) is 3.52. The first-order chi connectivity index (χ1) is 10.5. The highest BCUT2D eigenvalue weighted by atomic mass is 35.6. The minimum atomic E-state index is -2.06. The van der Waals surface area contributed by atoms with Gasteiger partial charge in [0.2, 0.25) is 9.63 Å². The minimum absolute atomic E-state index is 0.388. The predicted octanol–water partition coefficient (Wildman–Crippen LogP) is 3.70. The molecular formula is C12H7Cl4F2N3O2. The third-order valence-electron chi connectivity index (χ3n) is 2.84. The van der Waals surface area contributed by atoms with Crippen LogP contribution in [-0.4, -0.2) is 39.0 Å². The van der Waals surface area contributed by atoms with Crippen LogP contribution >= 0.6 is 46.4 Å². The molecule has 1 atom stereocenters. The number of urea groups is 1. The second-order valence-corrected chi connectivity index (χ2v) is 7.19. The smallest absolute Gasteiger partial charge is 0.265 e. The number of rotatable bonds is 2. The number of halogens is 6. The zero-order valence-electron chi connectivity index (χ0n) is 11.2. The van der Waals surface area contributed by atoms with Crippen LogP contribution in [0, 0.1) is 11.6 Å². The van der Waals surface area contributed by atoms with E-state index in [1.165, 1.54) is 0 Å². The summed E-state index contributed by atoms with van der Waals surface area (Å²) in [4.78, 5) is 29.2.